The van der Waals surface area contributed by atoms with Crippen LogP contribution in [0.15, 0.2) is 121 Å². The van der Waals surface area contributed by atoms with Gasteiger partial charge in [0.15, 0.2) is 11.4 Å². The van der Waals surface area contributed by atoms with Crippen LogP contribution in [0.5, 0.6) is 5.88 Å². The lowest BCUT2D eigenvalue weighted by Crippen LogP contribution is -2.33. The minimum atomic E-state index is -0.432. The number of nitrogens with two attached hydrogens (primary N) is 1. The summed E-state index contributed by atoms with van der Waals surface area (Å²) in [6.45, 7) is 8.54. The van der Waals surface area contributed by atoms with Crippen molar-refractivity contribution in [2.45, 2.75) is 64.0 Å². The monoisotopic (exact) mass is 788 g/mol. The van der Waals surface area contributed by atoms with E-state index in [1.54, 1.807) is 13.4 Å². The van der Waals surface area contributed by atoms with Crippen LogP contribution >= 0.6 is 0 Å². The molecule has 0 aliphatic carbocycles. The van der Waals surface area contributed by atoms with Crippen LogP contribution in [0.25, 0.3) is 11.2 Å². The van der Waals surface area contributed by atoms with Crippen molar-refractivity contribution in [3.63, 3.8) is 0 Å². The van der Waals surface area contributed by atoms with Gasteiger partial charge in [-0.1, -0.05) is 84.1 Å². The molecule has 300 valence electrons. The van der Waals surface area contributed by atoms with Gasteiger partial charge in [0.05, 0.1) is 24.0 Å². The Balaban J connectivity index is 0.914. The smallest absolute Gasteiger partial charge is 0.245 e. The van der Waals surface area contributed by atoms with Gasteiger partial charge < -0.3 is 25.7 Å². The largest absolute Gasteiger partial charge is 0.471 e. The Kier molecular flexibility index (Phi) is 10.7. The van der Waals surface area contributed by atoms with Crippen molar-refractivity contribution >= 4 is 40.1 Å². The molecule has 0 fully saturated rings. The maximum atomic E-state index is 12.6. The number of nitrogens with one attached hydrogen (secondary N) is 2. The van der Waals surface area contributed by atoms with Crippen molar-refractivity contribution in [2.75, 3.05) is 31.3 Å². The van der Waals surface area contributed by atoms with Gasteiger partial charge in [-0.05, 0) is 56.0 Å². The number of ether oxygens (including phenoxy) is 1. The van der Waals surface area contributed by atoms with Crippen molar-refractivity contribution in [3.05, 3.63) is 149 Å². The van der Waals surface area contributed by atoms with E-state index >= 15 is 0 Å². The third-order valence-electron chi connectivity index (χ3n) is 11.5. The highest BCUT2D eigenvalue weighted by Crippen LogP contribution is 2.49. The number of H-pyrrole nitrogens is 1. The number of carbonyl (C=O) groups is 1. The van der Waals surface area contributed by atoms with Gasteiger partial charge in [-0.25, -0.2) is 9.67 Å². The first-order chi connectivity index (χ1) is 28.5. The molecular formula is C46H50N11O2+. The van der Waals surface area contributed by atoms with E-state index in [4.69, 9.17) is 10.5 Å². The number of carbonyl (C=O) groups excluding carboxylic acids is 1. The zero-order valence-electron chi connectivity index (χ0n) is 34.2. The number of likely N-dealkylation sites (N-methyl/N-ethyl adjacent to an activating group) is 1. The van der Waals surface area contributed by atoms with Crippen LogP contribution in [-0.2, 0) is 35.2 Å². The fourth-order valence-electron chi connectivity index (χ4n) is 8.46. The lowest BCUT2D eigenvalue weighted by Gasteiger charge is -2.27. The third-order valence-corrected chi connectivity index (χ3v) is 11.5. The lowest BCUT2D eigenvalue weighted by atomic mass is 9.78. The first-order valence-electron chi connectivity index (χ1n) is 19.9. The molecule has 2 aliphatic heterocycles. The standard InChI is InChI=1S/C46H49N11O2/c1-45(2)34-15-9-12-18-37(34)57(38(45)19-7-6-8-20-39-46(3,26-40(58)48-4)35-16-10-11-17-36(35)55(39)5)25-13-14-33-28-56(54-53-33)27-31-21-23-32(24-22-31)29-59-43-41-42(50-30-49-41)51-44(47)52-43/h6-12,15-24,28,30H,13-14,25-27,29H2,1-5H3,(H3-,47,48,49,50,51,52,53,54,58)/p+1/t46-/m1/s1. The maximum Gasteiger partial charge on any atom is 0.245 e. The molecule has 13 heteroatoms. The van der Waals surface area contributed by atoms with Crippen molar-refractivity contribution in [1.29, 1.82) is 0 Å². The summed E-state index contributed by atoms with van der Waals surface area (Å²) in [5.74, 6) is 0.509. The van der Waals surface area contributed by atoms with Crippen LogP contribution in [0, 0.1) is 0 Å². The molecular weight excluding hydrogens is 739 g/mol. The summed E-state index contributed by atoms with van der Waals surface area (Å²) in [6.07, 6.45) is 16.4. The molecule has 1 amide bonds. The van der Waals surface area contributed by atoms with E-state index in [-0.39, 0.29) is 17.3 Å². The average Bonchev–Trinajstić information content (AvgIpc) is 3.99. The maximum absolute atomic E-state index is 12.6. The number of aryl methyl sites for hydroxylation is 1. The number of hydrogen-bond acceptors (Lipinski definition) is 9. The highest BCUT2D eigenvalue weighted by atomic mass is 16.5. The molecule has 0 radical (unpaired) electrons. The van der Waals surface area contributed by atoms with Crippen LogP contribution in [0.1, 0.15) is 61.6 Å². The number of imidazole rings is 1. The molecule has 0 saturated carbocycles. The van der Waals surface area contributed by atoms with Gasteiger partial charge in [-0.15, -0.1) is 5.10 Å². The Hall–Kier alpha value is -6.89. The van der Waals surface area contributed by atoms with Gasteiger partial charge in [-0.2, -0.15) is 14.5 Å². The summed E-state index contributed by atoms with van der Waals surface area (Å²) in [5, 5.41) is 11.8. The molecule has 0 spiro atoms. The minimum Gasteiger partial charge on any atom is -0.471 e. The highest BCUT2D eigenvalue weighted by Gasteiger charge is 2.44. The number of nitrogens with zero attached hydrogens (tertiary/aromatic N) is 8. The van der Waals surface area contributed by atoms with E-state index in [2.05, 4.69) is 152 Å². The molecule has 5 heterocycles. The molecule has 13 nitrogen and oxygen atoms in total. The number of aromatic amines is 1. The van der Waals surface area contributed by atoms with Crippen molar-refractivity contribution in [3.8, 4) is 5.88 Å². The quantitative estimate of drug-likeness (QED) is 0.0808. The van der Waals surface area contributed by atoms with E-state index in [1.165, 1.54) is 17.0 Å². The second-order valence-electron chi connectivity index (χ2n) is 15.8. The van der Waals surface area contributed by atoms with E-state index in [1.807, 2.05) is 35.1 Å². The SMILES string of the molecule is CNC(=O)C[C@@]1(C)\C(=C/C=C/C=C/C2=[N+](CCCc3cn(Cc4ccc(COc5nc(N)nc6nc[nH]c56)cc4)nn3)c3ccccc3C2(C)C)N(C)c2ccccc21. The molecule has 2 aliphatic rings. The topological polar surface area (TPSA) is 156 Å². The Labute approximate surface area is 344 Å². The zero-order chi connectivity index (χ0) is 41.1. The summed E-state index contributed by atoms with van der Waals surface area (Å²) < 4.78 is 10.3. The molecule has 59 heavy (non-hydrogen) atoms. The van der Waals surface area contributed by atoms with Crippen molar-refractivity contribution in [1.82, 2.24) is 40.2 Å². The lowest BCUT2D eigenvalue weighted by molar-refractivity contribution is -0.438. The molecule has 0 bridgehead atoms. The molecule has 0 saturated heterocycles. The number of rotatable bonds is 14. The number of para-hydroxylation sites is 2. The van der Waals surface area contributed by atoms with Gasteiger partial charge in [0.1, 0.15) is 18.7 Å². The van der Waals surface area contributed by atoms with Crippen molar-refractivity contribution < 1.29 is 14.1 Å². The number of hydrogen-bond donors (Lipinski definition) is 3. The summed E-state index contributed by atoms with van der Waals surface area (Å²) in [4.78, 5) is 30.3. The van der Waals surface area contributed by atoms with E-state index in [0.717, 1.165) is 53.2 Å². The molecule has 8 rings (SSSR count). The second kappa shape index (κ2) is 16.2. The number of nitrogen functional groups attached to an aromatic ring is 1. The molecule has 3 aromatic heterocycles. The molecule has 4 N–H and O–H groups in total. The van der Waals surface area contributed by atoms with Crippen molar-refractivity contribution in [2.24, 2.45) is 0 Å². The number of allylic oxidation sites excluding steroid dienone is 6. The predicted molar refractivity (Wildman–Crippen MR) is 231 cm³/mol. The minimum absolute atomic E-state index is 0.0191. The molecule has 1 atom stereocenters. The molecule has 0 unspecified atom stereocenters. The van der Waals surface area contributed by atoms with Crippen LogP contribution in [-0.4, -0.2) is 71.8 Å². The zero-order valence-corrected chi connectivity index (χ0v) is 34.2. The summed E-state index contributed by atoms with van der Waals surface area (Å²) in [6, 6.07) is 25.2. The Morgan fingerprint density at radius 3 is 2.54 bits per heavy atom. The Morgan fingerprint density at radius 1 is 0.966 bits per heavy atom. The van der Waals surface area contributed by atoms with E-state index in [0.29, 0.717) is 36.6 Å². The number of anilines is 2. The fraction of sp³-hybridized carbons (Fsp3) is 0.283. The summed E-state index contributed by atoms with van der Waals surface area (Å²) >= 11 is 0. The predicted octanol–water partition coefficient (Wildman–Crippen LogP) is 6.70. The van der Waals surface area contributed by atoms with Gasteiger partial charge in [0, 0.05) is 67.6 Å². The fourth-order valence-corrected chi connectivity index (χ4v) is 8.46. The van der Waals surface area contributed by atoms with Gasteiger partial charge in [-0.3, -0.25) is 4.79 Å². The van der Waals surface area contributed by atoms with Crippen LogP contribution < -0.4 is 20.7 Å². The van der Waals surface area contributed by atoms with Gasteiger partial charge in [0.25, 0.3) is 0 Å². The van der Waals surface area contributed by atoms with Crippen LogP contribution in [0.2, 0.25) is 0 Å². The number of benzene rings is 3. The number of amides is 1. The van der Waals surface area contributed by atoms with E-state index in [9.17, 15) is 4.79 Å². The molecule has 6 aromatic rings. The van der Waals surface area contributed by atoms with E-state index < -0.39 is 5.41 Å². The Morgan fingerprint density at radius 2 is 1.73 bits per heavy atom. The van der Waals surface area contributed by atoms with Gasteiger partial charge in [0.2, 0.25) is 23.4 Å². The van der Waals surface area contributed by atoms with Crippen LogP contribution in [0.3, 0.4) is 0 Å². The first kappa shape index (κ1) is 39.0. The second-order valence-corrected chi connectivity index (χ2v) is 15.8. The first-order valence-corrected chi connectivity index (χ1v) is 19.9. The summed E-state index contributed by atoms with van der Waals surface area (Å²) in [5.41, 5.74) is 16.6. The summed E-state index contributed by atoms with van der Waals surface area (Å²) in [7, 11) is 3.77. The normalized spacial score (nSPS) is 17.8. The van der Waals surface area contributed by atoms with Crippen LogP contribution in [0.4, 0.5) is 17.3 Å². The Bertz CT molecular complexity index is 2630. The number of fused-ring (bicyclic) bond motifs is 3. The average molecular weight is 789 g/mol. The molecule has 3 aromatic carbocycles. The number of aromatic nitrogens is 7. The van der Waals surface area contributed by atoms with Gasteiger partial charge >= 0.3 is 0 Å². The highest BCUT2D eigenvalue weighted by molar-refractivity contribution is 6.03. The third kappa shape index (κ3) is 7.75.